The Hall–Kier alpha value is -1.35. The molecule has 0 aliphatic heterocycles. The average molecular weight is 206 g/mol. The van der Waals surface area contributed by atoms with Crippen molar-refractivity contribution in [1.29, 1.82) is 0 Å². The third kappa shape index (κ3) is 1.53. The quantitative estimate of drug-likeness (QED) is 0.801. The summed E-state index contributed by atoms with van der Waals surface area (Å²) in [7, 11) is 2.00. The Kier molecular flexibility index (Phi) is 2.49. The summed E-state index contributed by atoms with van der Waals surface area (Å²) >= 11 is 0. The van der Waals surface area contributed by atoms with Crippen LogP contribution in [0.5, 0.6) is 0 Å². The van der Waals surface area contributed by atoms with Crippen molar-refractivity contribution < 1.29 is 4.39 Å². The Bertz CT molecular complexity index is 500. The average Bonchev–Trinajstić information content (AvgIpc) is 2.44. The van der Waals surface area contributed by atoms with E-state index in [1.165, 1.54) is 11.8 Å². The number of hydrogen-bond acceptors (Lipinski definition) is 1. The zero-order chi connectivity index (χ0) is 11.0. The van der Waals surface area contributed by atoms with Crippen LogP contribution >= 0.6 is 0 Å². The van der Waals surface area contributed by atoms with Crippen molar-refractivity contribution >= 4 is 10.9 Å². The number of aromatic nitrogens is 1. The highest BCUT2D eigenvalue weighted by Gasteiger charge is 2.11. The molecule has 0 saturated heterocycles. The summed E-state index contributed by atoms with van der Waals surface area (Å²) in [6, 6.07) is 4.90. The van der Waals surface area contributed by atoms with Gasteiger partial charge < -0.3 is 10.3 Å². The summed E-state index contributed by atoms with van der Waals surface area (Å²) in [4.78, 5) is 0. The molecule has 0 amide bonds. The minimum Gasteiger partial charge on any atom is -0.348 e. The van der Waals surface area contributed by atoms with Crippen molar-refractivity contribution in [3.63, 3.8) is 0 Å². The second kappa shape index (κ2) is 3.66. The summed E-state index contributed by atoms with van der Waals surface area (Å²) in [5.74, 6) is -0.189. The van der Waals surface area contributed by atoms with Gasteiger partial charge in [0.2, 0.25) is 0 Å². The van der Waals surface area contributed by atoms with Crippen LogP contribution in [0, 0.1) is 12.7 Å². The van der Waals surface area contributed by atoms with E-state index in [4.69, 9.17) is 5.73 Å². The number of nitrogens with zero attached hydrogens (tertiary/aromatic N) is 1. The molecule has 2 aromatic rings. The number of fused-ring (bicyclic) bond motifs is 1. The zero-order valence-electron chi connectivity index (χ0n) is 9.05. The van der Waals surface area contributed by atoms with Crippen LogP contribution in [0.15, 0.2) is 18.2 Å². The molecule has 3 heteroatoms. The fourth-order valence-electron chi connectivity index (χ4n) is 2.08. The topological polar surface area (TPSA) is 30.9 Å². The molecule has 15 heavy (non-hydrogen) atoms. The summed E-state index contributed by atoms with van der Waals surface area (Å²) in [6.45, 7) is 2.64. The lowest BCUT2D eigenvalue weighted by atomic mass is 10.1. The van der Waals surface area contributed by atoms with E-state index in [-0.39, 0.29) is 5.82 Å². The van der Waals surface area contributed by atoms with Crippen LogP contribution in [0.25, 0.3) is 10.9 Å². The third-order valence-electron chi connectivity index (χ3n) is 2.98. The van der Waals surface area contributed by atoms with Gasteiger partial charge in [-0.25, -0.2) is 4.39 Å². The normalized spacial score (nSPS) is 11.2. The Morgan fingerprint density at radius 2 is 2.13 bits per heavy atom. The molecule has 0 unspecified atom stereocenters. The number of aryl methyl sites for hydroxylation is 1. The van der Waals surface area contributed by atoms with E-state index in [9.17, 15) is 4.39 Å². The smallest absolute Gasteiger partial charge is 0.123 e. The molecule has 0 bridgehead atoms. The molecule has 80 valence electrons. The van der Waals surface area contributed by atoms with Gasteiger partial charge in [0.1, 0.15) is 5.82 Å². The predicted octanol–water partition coefficient (Wildman–Crippen LogP) is 2.13. The van der Waals surface area contributed by atoms with Crippen LogP contribution in [-0.2, 0) is 13.5 Å². The van der Waals surface area contributed by atoms with E-state index in [2.05, 4.69) is 4.57 Å². The van der Waals surface area contributed by atoms with Crippen molar-refractivity contribution in [1.82, 2.24) is 4.57 Å². The Morgan fingerprint density at radius 1 is 1.40 bits per heavy atom. The van der Waals surface area contributed by atoms with Crippen molar-refractivity contribution in [2.24, 2.45) is 12.8 Å². The van der Waals surface area contributed by atoms with Crippen LogP contribution in [0.2, 0.25) is 0 Å². The fourth-order valence-corrected chi connectivity index (χ4v) is 2.08. The Morgan fingerprint density at radius 3 is 2.80 bits per heavy atom. The SMILES string of the molecule is Cc1c(CCN)c2cc(F)ccc2n1C. The van der Waals surface area contributed by atoms with Crippen molar-refractivity contribution in [2.75, 3.05) is 6.54 Å². The van der Waals surface area contributed by atoms with E-state index >= 15 is 0 Å². The first kappa shape index (κ1) is 10.2. The number of halogens is 1. The molecular weight excluding hydrogens is 191 g/mol. The predicted molar refractivity (Wildman–Crippen MR) is 60.4 cm³/mol. The Labute approximate surface area is 88.5 Å². The minimum absolute atomic E-state index is 0.189. The van der Waals surface area contributed by atoms with Gasteiger partial charge >= 0.3 is 0 Å². The number of rotatable bonds is 2. The standard InChI is InChI=1S/C12H15FN2/c1-8-10(5-6-14)11-7-9(13)3-4-12(11)15(8)2/h3-4,7H,5-6,14H2,1-2H3. The zero-order valence-corrected chi connectivity index (χ0v) is 9.05. The van der Waals surface area contributed by atoms with Crippen LogP contribution < -0.4 is 5.73 Å². The highest BCUT2D eigenvalue weighted by atomic mass is 19.1. The molecule has 0 radical (unpaired) electrons. The second-order valence-electron chi connectivity index (χ2n) is 3.82. The lowest BCUT2D eigenvalue weighted by Crippen LogP contribution is -2.04. The van der Waals surface area contributed by atoms with Gasteiger partial charge in [0.25, 0.3) is 0 Å². The molecule has 0 saturated carbocycles. The lowest BCUT2D eigenvalue weighted by molar-refractivity contribution is 0.629. The van der Waals surface area contributed by atoms with Crippen molar-refractivity contribution in [3.05, 3.63) is 35.3 Å². The van der Waals surface area contributed by atoms with E-state index in [0.717, 1.165) is 22.9 Å². The van der Waals surface area contributed by atoms with Crippen LogP contribution in [0.1, 0.15) is 11.3 Å². The van der Waals surface area contributed by atoms with E-state index < -0.39 is 0 Å². The highest BCUT2D eigenvalue weighted by Crippen LogP contribution is 2.25. The van der Waals surface area contributed by atoms with Gasteiger partial charge in [0.15, 0.2) is 0 Å². The van der Waals surface area contributed by atoms with Gasteiger partial charge in [-0.2, -0.15) is 0 Å². The van der Waals surface area contributed by atoms with E-state index in [0.29, 0.717) is 6.54 Å². The number of hydrogen-bond donors (Lipinski definition) is 1. The molecule has 2 rings (SSSR count). The van der Waals surface area contributed by atoms with Gasteiger partial charge in [-0.15, -0.1) is 0 Å². The molecule has 0 spiro atoms. The molecule has 2 nitrogen and oxygen atoms in total. The fraction of sp³-hybridized carbons (Fsp3) is 0.333. The molecule has 0 aliphatic carbocycles. The van der Waals surface area contributed by atoms with Crippen LogP contribution in [0.4, 0.5) is 4.39 Å². The molecule has 0 aliphatic rings. The van der Waals surface area contributed by atoms with Gasteiger partial charge in [-0.3, -0.25) is 0 Å². The molecule has 1 heterocycles. The summed E-state index contributed by atoms with van der Waals surface area (Å²) in [6.07, 6.45) is 0.798. The summed E-state index contributed by atoms with van der Waals surface area (Å²) < 4.78 is 15.2. The Balaban J connectivity index is 2.76. The van der Waals surface area contributed by atoms with E-state index in [1.54, 1.807) is 6.07 Å². The molecule has 0 atom stereocenters. The summed E-state index contributed by atoms with van der Waals surface area (Å²) in [5, 5.41) is 0.987. The monoisotopic (exact) mass is 206 g/mol. The summed E-state index contributed by atoms with van der Waals surface area (Å²) in [5.41, 5.74) is 8.96. The number of benzene rings is 1. The maximum Gasteiger partial charge on any atom is 0.123 e. The third-order valence-corrected chi connectivity index (χ3v) is 2.98. The molecule has 2 N–H and O–H groups in total. The van der Waals surface area contributed by atoms with Gasteiger partial charge in [0, 0.05) is 23.6 Å². The first-order valence-corrected chi connectivity index (χ1v) is 5.08. The van der Waals surface area contributed by atoms with Gasteiger partial charge in [-0.1, -0.05) is 0 Å². The van der Waals surface area contributed by atoms with Crippen molar-refractivity contribution in [2.45, 2.75) is 13.3 Å². The van der Waals surface area contributed by atoms with Crippen LogP contribution in [0.3, 0.4) is 0 Å². The largest absolute Gasteiger partial charge is 0.348 e. The first-order valence-electron chi connectivity index (χ1n) is 5.08. The minimum atomic E-state index is -0.189. The van der Waals surface area contributed by atoms with Gasteiger partial charge in [0.05, 0.1) is 0 Å². The van der Waals surface area contributed by atoms with Crippen molar-refractivity contribution in [3.8, 4) is 0 Å². The lowest BCUT2D eigenvalue weighted by Gasteiger charge is -1.99. The second-order valence-corrected chi connectivity index (χ2v) is 3.82. The maximum atomic E-state index is 13.2. The first-order chi connectivity index (χ1) is 7.15. The van der Waals surface area contributed by atoms with Gasteiger partial charge in [-0.05, 0) is 43.7 Å². The highest BCUT2D eigenvalue weighted by molar-refractivity contribution is 5.85. The van der Waals surface area contributed by atoms with Crippen LogP contribution in [-0.4, -0.2) is 11.1 Å². The molecular formula is C12H15FN2. The number of nitrogens with two attached hydrogens (primary N) is 1. The molecule has 0 fully saturated rings. The molecule has 1 aromatic heterocycles. The maximum absolute atomic E-state index is 13.2. The van der Waals surface area contributed by atoms with E-state index in [1.807, 2.05) is 20.0 Å². The molecule has 1 aromatic carbocycles.